The first-order valence-corrected chi connectivity index (χ1v) is 13.3. The van der Waals surface area contributed by atoms with E-state index in [0.29, 0.717) is 0 Å². The van der Waals surface area contributed by atoms with Crippen molar-refractivity contribution < 1.29 is 33.5 Å². The van der Waals surface area contributed by atoms with Crippen molar-refractivity contribution in [2.45, 2.75) is 90.8 Å². The number of halogens is 1. The second-order valence-corrected chi connectivity index (χ2v) is 12.8. The van der Waals surface area contributed by atoms with Crippen LogP contribution in [0.2, 0.25) is 0 Å². The lowest BCUT2D eigenvalue weighted by Crippen LogP contribution is -3.00. The van der Waals surface area contributed by atoms with Crippen LogP contribution in [-0.2, 0) is 9.47 Å². The van der Waals surface area contributed by atoms with Crippen molar-refractivity contribution in [2.75, 3.05) is 39.4 Å². The molecule has 0 saturated carbocycles. The van der Waals surface area contributed by atoms with Crippen LogP contribution in [0.1, 0.15) is 84.5 Å². The first kappa shape index (κ1) is 27.3. The zero-order valence-electron chi connectivity index (χ0n) is 17.1. The van der Waals surface area contributed by atoms with E-state index in [0.717, 1.165) is 32.5 Å². The van der Waals surface area contributed by atoms with E-state index in [2.05, 4.69) is 33.8 Å². The second-order valence-electron chi connectivity index (χ2n) is 7.80. The molecule has 2 nitrogen and oxygen atoms in total. The molecular formula is C20H44IO2P. The Balaban J connectivity index is 0. The molecule has 148 valence electrons. The first-order chi connectivity index (χ1) is 11.0. The normalized spacial score (nSPS) is 11.8. The smallest absolute Gasteiger partial charge is 0.157 e. The Hall–Kier alpha value is 1.08. The molecule has 24 heavy (non-hydrogen) atoms. The lowest BCUT2D eigenvalue weighted by atomic mass is 10.1. The van der Waals surface area contributed by atoms with Gasteiger partial charge in [-0.05, 0) is 38.5 Å². The summed E-state index contributed by atoms with van der Waals surface area (Å²) in [6.07, 6.45) is 15.4. The van der Waals surface area contributed by atoms with Crippen LogP contribution in [0.5, 0.6) is 0 Å². The van der Waals surface area contributed by atoms with Gasteiger partial charge in [0, 0.05) is 40.5 Å². The van der Waals surface area contributed by atoms with E-state index < -0.39 is 7.26 Å². The highest BCUT2D eigenvalue weighted by Gasteiger charge is 2.15. The molecule has 0 aliphatic rings. The molecule has 0 unspecified atom stereocenters. The maximum atomic E-state index is 5.89. The van der Waals surface area contributed by atoms with Gasteiger partial charge in [-0.3, -0.25) is 0 Å². The summed E-state index contributed by atoms with van der Waals surface area (Å²) >= 11 is 0. The van der Waals surface area contributed by atoms with Gasteiger partial charge in [0.25, 0.3) is 0 Å². The molecule has 0 aromatic carbocycles. The van der Waals surface area contributed by atoms with Crippen LogP contribution in [-0.4, -0.2) is 45.7 Å². The second kappa shape index (κ2) is 18.9. The molecule has 0 radical (unpaired) electrons. The molecule has 0 bridgehead atoms. The van der Waals surface area contributed by atoms with Crippen molar-refractivity contribution >= 4 is 7.26 Å². The minimum atomic E-state index is -0.550. The van der Waals surface area contributed by atoms with Crippen molar-refractivity contribution in [3.63, 3.8) is 0 Å². The number of unbranched alkanes of at least 4 members (excludes halogenated alkanes) is 7. The van der Waals surface area contributed by atoms with E-state index in [1.54, 1.807) is 0 Å². The molecule has 0 aromatic rings. The minimum absolute atomic E-state index is 0. The Bertz CT molecular complexity index is 234. The van der Waals surface area contributed by atoms with E-state index in [1.165, 1.54) is 57.5 Å². The summed E-state index contributed by atoms with van der Waals surface area (Å²) in [5.74, 6) is 0. The molecule has 0 heterocycles. The van der Waals surface area contributed by atoms with Crippen LogP contribution in [0.25, 0.3) is 0 Å². The molecule has 0 atom stereocenters. The third-order valence-electron chi connectivity index (χ3n) is 4.12. The van der Waals surface area contributed by atoms with Gasteiger partial charge in [-0.1, -0.05) is 46.0 Å². The highest BCUT2D eigenvalue weighted by molar-refractivity contribution is 7.73. The lowest BCUT2D eigenvalue weighted by molar-refractivity contribution is -0.147. The van der Waals surface area contributed by atoms with E-state index in [-0.39, 0.29) is 30.3 Å². The fourth-order valence-electron chi connectivity index (χ4n) is 2.54. The molecule has 0 saturated heterocycles. The van der Waals surface area contributed by atoms with Crippen molar-refractivity contribution in [3.8, 4) is 0 Å². The van der Waals surface area contributed by atoms with E-state index in [1.807, 2.05) is 0 Å². The van der Waals surface area contributed by atoms with Gasteiger partial charge < -0.3 is 33.5 Å². The summed E-state index contributed by atoms with van der Waals surface area (Å²) in [5, 5.41) is 0. The Morgan fingerprint density at radius 3 is 1.58 bits per heavy atom. The topological polar surface area (TPSA) is 18.5 Å². The molecule has 0 aliphatic carbocycles. The van der Waals surface area contributed by atoms with Gasteiger partial charge in [-0.25, -0.2) is 0 Å². The number of ether oxygens (including phenoxy) is 2. The molecule has 4 heteroatoms. The maximum absolute atomic E-state index is 5.89. The van der Waals surface area contributed by atoms with Crippen molar-refractivity contribution in [3.05, 3.63) is 0 Å². The lowest BCUT2D eigenvalue weighted by Gasteiger charge is -2.18. The van der Waals surface area contributed by atoms with Gasteiger partial charge in [0.15, 0.2) is 6.29 Å². The van der Waals surface area contributed by atoms with Crippen LogP contribution in [0.15, 0.2) is 0 Å². The fourth-order valence-corrected chi connectivity index (χ4v) is 3.71. The van der Waals surface area contributed by atoms with Gasteiger partial charge in [-0.15, -0.1) is 0 Å². The number of rotatable bonds is 17. The Kier molecular flexibility index (Phi) is 21.5. The Labute approximate surface area is 170 Å². The van der Waals surface area contributed by atoms with E-state index in [9.17, 15) is 0 Å². The Morgan fingerprint density at radius 1 is 0.667 bits per heavy atom. The van der Waals surface area contributed by atoms with Gasteiger partial charge in [0.1, 0.15) is 0 Å². The summed E-state index contributed by atoms with van der Waals surface area (Å²) in [4.78, 5) is 0. The molecule has 0 aliphatic heterocycles. The van der Waals surface area contributed by atoms with Crippen LogP contribution < -0.4 is 24.0 Å². The first-order valence-electron chi connectivity index (χ1n) is 10.0. The number of hydrogen-bond donors (Lipinski definition) is 0. The summed E-state index contributed by atoms with van der Waals surface area (Å²) in [7, 11) is -0.550. The SMILES string of the molecule is CCCCOC(CCCCCCCC[P+](C)(C)C)OCCCC.[I-]. The predicted octanol–water partition coefficient (Wildman–Crippen LogP) is 3.59. The zero-order chi connectivity index (χ0) is 17.4. The van der Waals surface area contributed by atoms with Gasteiger partial charge in [-0.2, -0.15) is 0 Å². The fraction of sp³-hybridized carbons (Fsp3) is 1.00. The third-order valence-corrected chi connectivity index (χ3v) is 5.78. The van der Waals surface area contributed by atoms with Gasteiger partial charge in [0.05, 0.1) is 6.16 Å². The molecule has 0 fully saturated rings. The minimum Gasteiger partial charge on any atom is -1.00 e. The molecule has 0 N–H and O–H groups in total. The molecule has 0 spiro atoms. The molecule has 0 amide bonds. The van der Waals surface area contributed by atoms with E-state index >= 15 is 0 Å². The summed E-state index contributed by atoms with van der Waals surface area (Å²) < 4.78 is 11.8. The summed E-state index contributed by atoms with van der Waals surface area (Å²) in [6.45, 7) is 13.5. The Morgan fingerprint density at radius 2 is 1.12 bits per heavy atom. The highest BCUT2D eigenvalue weighted by atomic mass is 127. The van der Waals surface area contributed by atoms with Crippen LogP contribution in [0.4, 0.5) is 0 Å². The van der Waals surface area contributed by atoms with Crippen molar-refractivity contribution in [1.29, 1.82) is 0 Å². The van der Waals surface area contributed by atoms with E-state index in [4.69, 9.17) is 9.47 Å². The maximum Gasteiger partial charge on any atom is 0.157 e. The molecule has 0 aromatic heterocycles. The van der Waals surface area contributed by atoms with Crippen molar-refractivity contribution in [1.82, 2.24) is 0 Å². The molecular weight excluding hydrogens is 430 g/mol. The van der Waals surface area contributed by atoms with Crippen molar-refractivity contribution in [2.24, 2.45) is 0 Å². The predicted molar refractivity (Wildman–Crippen MR) is 107 cm³/mol. The highest BCUT2D eigenvalue weighted by Crippen LogP contribution is 2.47. The van der Waals surface area contributed by atoms with Gasteiger partial charge >= 0.3 is 0 Å². The average molecular weight is 474 g/mol. The third kappa shape index (κ3) is 21.1. The quantitative estimate of drug-likeness (QED) is 0.139. The number of hydrogen-bond acceptors (Lipinski definition) is 2. The zero-order valence-corrected chi connectivity index (χ0v) is 20.2. The monoisotopic (exact) mass is 474 g/mol. The molecule has 0 rings (SSSR count). The van der Waals surface area contributed by atoms with Crippen LogP contribution >= 0.6 is 7.26 Å². The largest absolute Gasteiger partial charge is 1.00 e. The average Bonchev–Trinajstić information content (AvgIpc) is 2.48. The van der Waals surface area contributed by atoms with Crippen LogP contribution in [0.3, 0.4) is 0 Å². The van der Waals surface area contributed by atoms with Crippen LogP contribution in [0, 0.1) is 0 Å². The summed E-state index contributed by atoms with van der Waals surface area (Å²) in [5.41, 5.74) is 0. The summed E-state index contributed by atoms with van der Waals surface area (Å²) in [6, 6.07) is 0. The standard InChI is InChI=1S/C20H44O2P.HI/c1-6-8-17-21-20(22-18-9-7-2)16-14-12-10-11-13-15-19-23(3,4)5;/h20H,6-19H2,1-5H3;1H/q+1;/p-1. The van der Waals surface area contributed by atoms with Gasteiger partial charge in [0.2, 0.25) is 0 Å².